The third kappa shape index (κ3) is 3.24. The van der Waals surface area contributed by atoms with Crippen molar-refractivity contribution in [1.82, 2.24) is 15.3 Å². The van der Waals surface area contributed by atoms with Crippen LogP contribution in [0.2, 0.25) is 0 Å². The van der Waals surface area contributed by atoms with Crippen LogP contribution >= 0.6 is 0 Å². The number of carbonyl (C=O) groups excluding carboxylic acids is 1. The first-order valence-corrected chi connectivity index (χ1v) is 7.70. The molecule has 0 fully saturated rings. The molecule has 5 nitrogen and oxygen atoms in total. The van der Waals surface area contributed by atoms with Gasteiger partial charge in [-0.25, -0.2) is 9.97 Å². The second kappa shape index (κ2) is 6.56. The zero-order valence-corrected chi connectivity index (χ0v) is 12.7. The lowest BCUT2D eigenvalue weighted by Crippen LogP contribution is -2.38. The SMILES string of the molecule is CCNc1ncc(C(=O)N[C@@H]2CCc3ccccc3C2)cn1. The van der Waals surface area contributed by atoms with E-state index in [0.29, 0.717) is 11.5 Å². The predicted molar refractivity (Wildman–Crippen MR) is 85.9 cm³/mol. The summed E-state index contributed by atoms with van der Waals surface area (Å²) in [4.78, 5) is 20.6. The molecule has 0 radical (unpaired) electrons. The van der Waals surface area contributed by atoms with Crippen LogP contribution in [0.1, 0.15) is 34.8 Å². The fraction of sp³-hybridized carbons (Fsp3) is 0.353. The maximum Gasteiger partial charge on any atom is 0.254 e. The van der Waals surface area contributed by atoms with Crippen molar-refractivity contribution in [3.63, 3.8) is 0 Å². The Morgan fingerprint density at radius 3 is 2.68 bits per heavy atom. The number of fused-ring (bicyclic) bond motifs is 1. The molecule has 0 bridgehead atoms. The molecule has 0 saturated carbocycles. The molecule has 1 aromatic carbocycles. The Labute approximate surface area is 130 Å². The Balaban J connectivity index is 1.62. The van der Waals surface area contributed by atoms with Crippen LogP contribution in [-0.4, -0.2) is 28.5 Å². The molecule has 0 spiro atoms. The zero-order valence-electron chi connectivity index (χ0n) is 12.7. The van der Waals surface area contributed by atoms with Gasteiger partial charge in [0.1, 0.15) is 0 Å². The number of carbonyl (C=O) groups is 1. The normalized spacial score (nSPS) is 16.7. The summed E-state index contributed by atoms with van der Waals surface area (Å²) in [5, 5.41) is 6.10. The van der Waals surface area contributed by atoms with Crippen molar-refractivity contribution < 1.29 is 4.79 Å². The first kappa shape index (κ1) is 14.5. The van der Waals surface area contributed by atoms with Crippen molar-refractivity contribution in [2.75, 3.05) is 11.9 Å². The van der Waals surface area contributed by atoms with Crippen LogP contribution in [0.25, 0.3) is 0 Å². The molecule has 3 rings (SSSR count). The van der Waals surface area contributed by atoms with Gasteiger partial charge >= 0.3 is 0 Å². The first-order chi connectivity index (χ1) is 10.8. The van der Waals surface area contributed by atoms with Crippen molar-refractivity contribution in [3.05, 3.63) is 53.3 Å². The summed E-state index contributed by atoms with van der Waals surface area (Å²) in [6.07, 6.45) is 6.00. The van der Waals surface area contributed by atoms with Crippen LogP contribution in [0.15, 0.2) is 36.7 Å². The van der Waals surface area contributed by atoms with Gasteiger partial charge < -0.3 is 10.6 Å². The van der Waals surface area contributed by atoms with Crippen LogP contribution in [0.4, 0.5) is 5.95 Å². The van der Waals surface area contributed by atoms with Crippen LogP contribution in [0.3, 0.4) is 0 Å². The minimum atomic E-state index is -0.104. The lowest BCUT2D eigenvalue weighted by atomic mass is 9.88. The number of nitrogens with zero attached hydrogens (tertiary/aromatic N) is 2. The minimum Gasteiger partial charge on any atom is -0.355 e. The fourth-order valence-electron chi connectivity index (χ4n) is 2.78. The minimum absolute atomic E-state index is 0.104. The molecule has 1 aliphatic rings. The molecular formula is C17H20N4O. The first-order valence-electron chi connectivity index (χ1n) is 7.70. The second-order valence-electron chi connectivity index (χ2n) is 5.51. The van der Waals surface area contributed by atoms with E-state index in [4.69, 9.17) is 0 Å². The molecule has 1 amide bonds. The molecule has 1 aromatic heterocycles. The van der Waals surface area contributed by atoms with E-state index in [1.165, 1.54) is 11.1 Å². The lowest BCUT2D eigenvalue weighted by Gasteiger charge is -2.25. The molecule has 5 heteroatoms. The van der Waals surface area contributed by atoms with Crippen LogP contribution < -0.4 is 10.6 Å². The number of rotatable bonds is 4. The van der Waals surface area contributed by atoms with Gasteiger partial charge in [-0.15, -0.1) is 0 Å². The van der Waals surface area contributed by atoms with E-state index < -0.39 is 0 Å². The highest BCUT2D eigenvalue weighted by atomic mass is 16.1. The number of amides is 1. The van der Waals surface area contributed by atoms with Crippen molar-refractivity contribution >= 4 is 11.9 Å². The highest BCUT2D eigenvalue weighted by Gasteiger charge is 2.20. The average molecular weight is 296 g/mol. The van der Waals surface area contributed by atoms with Gasteiger partial charge in [0.05, 0.1) is 5.56 Å². The van der Waals surface area contributed by atoms with E-state index in [9.17, 15) is 4.79 Å². The van der Waals surface area contributed by atoms with Crippen LogP contribution in [0.5, 0.6) is 0 Å². The van der Waals surface area contributed by atoms with E-state index >= 15 is 0 Å². The summed E-state index contributed by atoms with van der Waals surface area (Å²) < 4.78 is 0. The number of hydrogen-bond donors (Lipinski definition) is 2. The van der Waals surface area contributed by atoms with Gasteiger partial charge in [-0.2, -0.15) is 0 Å². The Morgan fingerprint density at radius 2 is 1.95 bits per heavy atom. The average Bonchev–Trinajstić information content (AvgIpc) is 2.56. The third-order valence-electron chi connectivity index (χ3n) is 3.93. The predicted octanol–water partition coefficient (Wildman–Crippen LogP) is 2.20. The Kier molecular flexibility index (Phi) is 4.32. The standard InChI is InChI=1S/C17H20N4O/c1-2-18-17-19-10-14(11-20-17)16(22)21-15-8-7-12-5-3-4-6-13(12)9-15/h3-6,10-11,15H,2,7-9H2,1H3,(H,21,22)(H,18,19,20)/t15-/m1/s1. The largest absolute Gasteiger partial charge is 0.355 e. The number of aryl methyl sites for hydroxylation is 1. The molecule has 1 atom stereocenters. The summed E-state index contributed by atoms with van der Waals surface area (Å²) in [5.74, 6) is 0.443. The Morgan fingerprint density at radius 1 is 1.23 bits per heavy atom. The molecule has 1 aliphatic carbocycles. The topological polar surface area (TPSA) is 66.9 Å². The molecule has 22 heavy (non-hydrogen) atoms. The Bertz CT molecular complexity index is 654. The van der Waals surface area contributed by atoms with Crippen molar-refractivity contribution in [3.8, 4) is 0 Å². The van der Waals surface area contributed by atoms with Gasteiger partial charge in [-0.05, 0) is 37.3 Å². The highest BCUT2D eigenvalue weighted by Crippen LogP contribution is 2.21. The Hall–Kier alpha value is -2.43. The molecule has 0 saturated heterocycles. The summed E-state index contributed by atoms with van der Waals surface area (Å²) >= 11 is 0. The zero-order chi connectivity index (χ0) is 15.4. The number of aromatic nitrogens is 2. The van der Waals surface area contributed by atoms with Gasteiger partial charge in [0.15, 0.2) is 0 Å². The van der Waals surface area contributed by atoms with E-state index in [-0.39, 0.29) is 11.9 Å². The summed E-state index contributed by atoms with van der Waals surface area (Å²) in [7, 11) is 0. The van der Waals surface area contributed by atoms with Crippen molar-refractivity contribution in [2.24, 2.45) is 0 Å². The smallest absolute Gasteiger partial charge is 0.254 e. The van der Waals surface area contributed by atoms with E-state index in [2.05, 4.69) is 44.9 Å². The van der Waals surface area contributed by atoms with Gasteiger partial charge in [-0.3, -0.25) is 4.79 Å². The summed E-state index contributed by atoms with van der Waals surface area (Å²) in [6.45, 7) is 2.73. The number of hydrogen-bond acceptors (Lipinski definition) is 4. The van der Waals surface area contributed by atoms with Gasteiger partial charge in [-0.1, -0.05) is 24.3 Å². The monoisotopic (exact) mass is 296 g/mol. The third-order valence-corrected chi connectivity index (χ3v) is 3.93. The molecular weight excluding hydrogens is 276 g/mol. The molecule has 2 aromatic rings. The van der Waals surface area contributed by atoms with Crippen molar-refractivity contribution in [1.29, 1.82) is 0 Å². The van der Waals surface area contributed by atoms with Gasteiger partial charge in [0, 0.05) is 25.0 Å². The molecule has 114 valence electrons. The fourth-order valence-corrected chi connectivity index (χ4v) is 2.78. The molecule has 1 heterocycles. The van der Waals surface area contributed by atoms with Gasteiger partial charge in [0.2, 0.25) is 5.95 Å². The van der Waals surface area contributed by atoms with Crippen LogP contribution in [-0.2, 0) is 12.8 Å². The number of anilines is 1. The van der Waals surface area contributed by atoms with E-state index in [0.717, 1.165) is 25.8 Å². The highest BCUT2D eigenvalue weighted by molar-refractivity contribution is 5.93. The number of nitrogens with one attached hydrogen (secondary N) is 2. The quantitative estimate of drug-likeness (QED) is 0.907. The van der Waals surface area contributed by atoms with Gasteiger partial charge in [0.25, 0.3) is 5.91 Å². The van der Waals surface area contributed by atoms with Crippen molar-refractivity contribution in [2.45, 2.75) is 32.2 Å². The van der Waals surface area contributed by atoms with E-state index in [1.54, 1.807) is 12.4 Å². The number of benzene rings is 1. The maximum absolute atomic E-state index is 12.3. The summed E-state index contributed by atoms with van der Waals surface area (Å²) in [6, 6.07) is 8.61. The maximum atomic E-state index is 12.3. The van der Waals surface area contributed by atoms with Crippen LogP contribution in [0, 0.1) is 0 Å². The lowest BCUT2D eigenvalue weighted by molar-refractivity contribution is 0.0933. The second-order valence-corrected chi connectivity index (χ2v) is 5.51. The molecule has 0 unspecified atom stereocenters. The van der Waals surface area contributed by atoms with E-state index in [1.807, 2.05) is 6.92 Å². The summed E-state index contributed by atoms with van der Waals surface area (Å²) in [5.41, 5.74) is 3.23. The molecule has 2 N–H and O–H groups in total. The molecule has 0 aliphatic heterocycles.